The van der Waals surface area contributed by atoms with Crippen LogP contribution in [0.3, 0.4) is 0 Å². The lowest BCUT2D eigenvalue weighted by atomic mass is 10.0. The molecular formula is C21H30F3N3O3S. The van der Waals surface area contributed by atoms with Gasteiger partial charge in [0.15, 0.2) is 0 Å². The number of piperazine rings is 1. The zero-order valence-corrected chi connectivity index (χ0v) is 19.5. The van der Waals surface area contributed by atoms with Crippen molar-refractivity contribution >= 4 is 28.9 Å². The molecule has 0 aromatic heterocycles. The molecule has 0 aliphatic carbocycles. The van der Waals surface area contributed by atoms with Crippen LogP contribution in [0.2, 0.25) is 0 Å². The fraction of sp³-hybridized carbons (Fsp3) is 0.619. The van der Waals surface area contributed by atoms with E-state index in [-0.39, 0.29) is 5.56 Å². The van der Waals surface area contributed by atoms with E-state index in [4.69, 9.17) is 4.74 Å². The van der Waals surface area contributed by atoms with Crippen LogP contribution in [0, 0.1) is 0 Å². The van der Waals surface area contributed by atoms with Crippen molar-refractivity contribution in [2.45, 2.75) is 64.1 Å². The number of benzene rings is 1. The number of hydrogen-bond donors (Lipinski definition) is 1. The highest BCUT2D eigenvalue weighted by Gasteiger charge is 2.35. The zero-order valence-electron chi connectivity index (χ0n) is 18.7. The summed E-state index contributed by atoms with van der Waals surface area (Å²) in [5.74, 6) is -0.472. The van der Waals surface area contributed by atoms with Crippen molar-refractivity contribution in [3.8, 4) is 0 Å². The van der Waals surface area contributed by atoms with Crippen molar-refractivity contribution < 1.29 is 26.9 Å². The van der Waals surface area contributed by atoms with Crippen molar-refractivity contribution in [2.75, 3.05) is 24.5 Å². The predicted molar refractivity (Wildman–Crippen MR) is 117 cm³/mol. The molecule has 174 valence electrons. The lowest BCUT2D eigenvalue weighted by Crippen LogP contribution is -2.56. The summed E-state index contributed by atoms with van der Waals surface area (Å²) in [7, 11) is -1.64. The van der Waals surface area contributed by atoms with E-state index in [1.807, 2.05) is 0 Å². The maximum Gasteiger partial charge on any atom is 0.416 e. The first kappa shape index (κ1) is 25.3. The van der Waals surface area contributed by atoms with E-state index in [0.29, 0.717) is 25.3 Å². The third-order valence-electron chi connectivity index (χ3n) is 4.40. The highest BCUT2D eigenvalue weighted by Crippen LogP contribution is 2.33. The summed E-state index contributed by atoms with van der Waals surface area (Å²) < 4.78 is 61.1. The molecule has 1 saturated heterocycles. The van der Waals surface area contributed by atoms with E-state index in [9.17, 15) is 22.2 Å². The minimum atomic E-state index is -4.54. The number of anilines is 1. The van der Waals surface area contributed by atoms with E-state index in [1.165, 1.54) is 12.3 Å². The SMILES string of the molecule is CC(C)(C)OC(=O)[C@@H]1CNCCN1c1ccc(C(F)(F)F)cc1/C=N/S(=O)C(C)(C)C. The second kappa shape index (κ2) is 9.28. The Hall–Kier alpha value is -1.94. The van der Waals surface area contributed by atoms with Crippen molar-refractivity contribution in [1.82, 2.24) is 5.32 Å². The Kier molecular flexibility index (Phi) is 7.58. The second-order valence-electron chi connectivity index (χ2n) is 9.31. The maximum absolute atomic E-state index is 13.3. The maximum atomic E-state index is 13.3. The van der Waals surface area contributed by atoms with Gasteiger partial charge in [0.2, 0.25) is 0 Å². The number of carbonyl (C=O) groups excluding carboxylic acids is 1. The van der Waals surface area contributed by atoms with Gasteiger partial charge in [-0.05, 0) is 59.7 Å². The lowest BCUT2D eigenvalue weighted by molar-refractivity contribution is -0.156. The van der Waals surface area contributed by atoms with Gasteiger partial charge in [-0.25, -0.2) is 9.00 Å². The first-order valence-electron chi connectivity index (χ1n) is 9.97. The second-order valence-corrected chi connectivity index (χ2v) is 11.2. The summed E-state index contributed by atoms with van der Waals surface area (Å²) in [4.78, 5) is 14.5. The summed E-state index contributed by atoms with van der Waals surface area (Å²) in [5, 5.41) is 3.12. The Morgan fingerprint density at radius 2 is 1.87 bits per heavy atom. The number of hydrogen-bond acceptors (Lipinski definition) is 5. The minimum absolute atomic E-state index is 0.142. The number of ether oxygens (including phenoxy) is 1. The molecule has 0 spiro atoms. The number of esters is 1. The van der Waals surface area contributed by atoms with E-state index >= 15 is 0 Å². The molecule has 10 heteroatoms. The van der Waals surface area contributed by atoms with Crippen molar-refractivity contribution in [2.24, 2.45) is 4.40 Å². The van der Waals surface area contributed by atoms with Crippen molar-refractivity contribution in [3.05, 3.63) is 29.3 Å². The van der Waals surface area contributed by atoms with Gasteiger partial charge < -0.3 is 15.0 Å². The molecule has 1 unspecified atom stereocenters. The standard InChI is InChI=1S/C21H30F3N3O3S/c1-19(2,3)30-18(28)17-13-25-9-10-27(17)16-8-7-15(21(22,23)24)11-14(16)12-26-31(29)20(4,5)6/h7-8,11-12,17,25H,9-10,13H2,1-6H3/b26-12+/t17-,31?/m0/s1. The van der Waals surface area contributed by atoms with E-state index < -0.39 is 45.1 Å². The molecular weight excluding hydrogens is 431 g/mol. The average molecular weight is 462 g/mol. The zero-order chi connectivity index (χ0) is 23.6. The van der Waals surface area contributed by atoms with E-state index in [0.717, 1.165) is 12.1 Å². The van der Waals surface area contributed by atoms with Gasteiger partial charge in [-0.1, -0.05) is 0 Å². The third-order valence-corrected chi connectivity index (χ3v) is 5.74. The number of nitrogens with one attached hydrogen (secondary N) is 1. The molecule has 0 amide bonds. The number of alkyl halides is 3. The molecule has 1 heterocycles. The number of rotatable bonds is 4. The van der Waals surface area contributed by atoms with Crippen molar-refractivity contribution in [1.29, 1.82) is 0 Å². The van der Waals surface area contributed by atoms with Crippen molar-refractivity contribution in [3.63, 3.8) is 0 Å². The molecule has 1 N–H and O–H groups in total. The molecule has 1 aromatic rings. The molecule has 31 heavy (non-hydrogen) atoms. The van der Waals surface area contributed by atoms with Gasteiger partial charge in [-0.2, -0.15) is 17.6 Å². The smallest absolute Gasteiger partial charge is 0.416 e. The van der Waals surface area contributed by atoms with Crippen LogP contribution in [0.25, 0.3) is 0 Å². The van der Waals surface area contributed by atoms with Gasteiger partial charge in [0, 0.05) is 37.1 Å². The number of carbonyl (C=O) groups is 1. The molecule has 2 rings (SSSR count). The Morgan fingerprint density at radius 3 is 2.42 bits per heavy atom. The number of nitrogens with zero attached hydrogens (tertiary/aromatic N) is 2. The molecule has 0 saturated carbocycles. The highest BCUT2D eigenvalue weighted by atomic mass is 32.2. The molecule has 1 fully saturated rings. The monoisotopic (exact) mass is 461 g/mol. The molecule has 1 aromatic carbocycles. The summed E-state index contributed by atoms with van der Waals surface area (Å²) in [6, 6.07) is 2.55. The molecule has 1 aliphatic heterocycles. The fourth-order valence-electron chi connectivity index (χ4n) is 2.93. The Morgan fingerprint density at radius 1 is 1.23 bits per heavy atom. The summed E-state index contributed by atoms with van der Waals surface area (Å²) in [5.41, 5.74) is -1.00. The van der Waals surface area contributed by atoms with E-state index in [2.05, 4.69) is 9.71 Å². The van der Waals surface area contributed by atoms with Gasteiger partial charge in [0.05, 0.1) is 10.3 Å². The molecule has 1 aliphatic rings. The van der Waals surface area contributed by atoms with Crippen LogP contribution in [0.15, 0.2) is 22.6 Å². The van der Waals surface area contributed by atoms with E-state index in [1.54, 1.807) is 46.4 Å². The first-order valence-corrected chi connectivity index (χ1v) is 11.1. The summed E-state index contributed by atoms with van der Waals surface area (Å²) in [6.45, 7) is 11.7. The topological polar surface area (TPSA) is 71.0 Å². The van der Waals surface area contributed by atoms with Crippen LogP contribution < -0.4 is 10.2 Å². The number of halogens is 3. The third kappa shape index (κ3) is 7.03. The predicted octanol–water partition coefficient (Wildman–Crippen LogP) is 3.71. The fourth-order valence-corrected chi connectivity index (χ4v) is 3.46. The van der Waals surface area contributed by atoms with Crippen LogP contribution in [0.5, 0.6) is 0 Å². The Labute approximate surface area is 183 Å². The largest absolute Gasteiger partial charge is 0.458 e. The van der Waals surface area contributed by atoms with Crippen LogP contribution >= 0.6 is 0 Å². The lowest BCUT2D eigenvalue weighted by Gasteiger charge is -2.38. The summed E-state index contributed by atoms with van der Waals surface area (Å²) in [6.07, 6.45) is -3.35. The molecule has 2 atom stereocenters. The van der Waals surface area contributed by atoms with Gasteiger partial charge in [0.25, 0.3) is 0 Å². The van der Waals surface area contributed by atoms with Gasteiger partial charge in [-0.3, -0.25) is 0 Å². The normalized spacial score (nSPS) is 19.5. The molecule has 0 radical (unpaired) electrons. The highest BCUT2D eigenvalue weighted by molar-refractivity contribution is 7.85. The summed E-state index contributed by atoms with van der Waals surface area (Å²) >= 11 is 0. The van der Waals surface area contributed by atoms with Crippen LogP contribution in [-0.4, -0.2) is 52.4 Å². The van der Waals surface area contributed by atoms with Crippen LogP contribution in [-0.2, 0) is 26.7 Å². The molecule has 0 bridgehead atoms. The van der Waals surface area contributed by atoms with Gasteiger partial charge in [-0.15, -0.1) is 0 Å². The van der Waals surface area contributed by atoms with Crippen LogP contribution in [0.1, 0.15) is 52.7 Å². The average Bonchev–Trinajstić information content (AvgIpc) is 2.63. The quantitative estimate of drug-likeness (QED) is 0.547. The first-order chi connectivity index (χ1) is 14.1. The molecule has 6 nitrogen and oxygen atoms in total. The minimum Gasteiger partial charge on any atom is -0.458 e. The van der Waals surface area contributed by atoms with Gasteiger partial charge in [0.1, 0.15) is 22.6 Å². The van der Waals surface area contributed by atoms with Gasteiger partial charge >= 0.3 is 12.1 Å². The Balaban J connectivity index is 2.50. The van der Waals surface area contributed by atoms with Crippen LogP contribution in [0.4, 0.5) is 18.9 Å². The Bertz CT molecular complexity index is 858.